The van der Waals surface area contributed by atoms with Crippen LogP contribution in [-0.2, 0) is 20.5 Å². The zero-order chi connectivity index (χ0) is 21.9. The summed E-state index contributed by atoms with van der Waals surface area (Å²) >= 11 is 3.31. The van der Waals surface area contributed by atoms with E-state index in [1.165, 1.54) is 12.1 Å². The van der Waals surface area contributed by atoms with Gasteiger partial charge in [0.05, 0.1) is 10.9 Å². The van der Waals surface area contributed by atoms with Gasteiger partial charge in [0.2, 0.25) is 10.0 Å². The Labute approximate surface area is 181 Å². The molecule has 158 valence electrons. The molecule has 0 N–H and O–H groups in total. The molecule has 10 nitrogen and oxygen atoms in total. The number of piperidine rings is 1. The highest BCUT2D eigenvalue weighted by atomic mass is 79.9. The quantitative estimate of drug-likeness (QED) is 0.196. The fraction of sp³-hybridized carbons (Fsp3) is 0.333. The van der Waals surface area contributed by atoms with Crippen molar-refractivity contribution >= 4 is 26.0 Å². The van der Waals surface area contributed by atoms with Crippen LogP contribution >= 0.6 is 15.9 Å². The zero-order valence-electron chi connectivity index (χ0n) is 15.9. The number of azide groups is 1. The van der Waals surface area contributed by atoms with E-state index in [9.17, 15) is 18.5 Å². The van der Waals surface area contributed by atoms with Gasteiger partial charge in [-0.2, -0.15) is 4.31 Å². The molecular weight excluding hydrogens is 478 g/mol. The van der Waals surface area contributed by atoms with Gasteiger partial charge in [0, 0.05) is 22.5 Å². The van der Waals surface area contributed by atoms with E-state index in [0.717, 1.165) is 14.3 Å². The summed E-state index contributed by atoms with van der Waals surface area (Å²) in [6.45, 7) is 1.54. The van der Waals surface area contributed by atoms with E-state index in [0.29, 0.717) is 5.56 Å². The van der Waals surface area contributed by atoms with Crippen LogP contribution in [0.3, 0.4) is 0 Å². The van der Waals surface area contributed by atoms with Gasteiger partial charge in [-0.25, -0.2) is 8.42 Å². The summed E-state index contributed by atoms with van der Waals surface area (Å²) in [6.07, 6.45) is -0.0651. The second kappa shape index (κ2) is 8.60. The van der Waals surface area contributed by atoms with E-state index in [2.05, 4.69) is 26.0 Å². The molecule has 0 aliphatic carbocycles. The lowest BCUT2D eigenvalue weighted by atomic mass is 9.81. The second-order valence-corrected chi connectivity index (χ2v) is 9.71. The summed E-state index contributed by atoms with van der Waals surface area (Å²) in [4.78, 5) is 19.3. The molecule has 0 amide bonds. The van der Waals surface area contributed by atoms with Crippen LogP contribution in [0.25, 0.3) is 10.4 Å². The van der Waals surface area contributed by atoms with Crippen molar-refractivity contribution in [2.45, 2.75) is 29.9 Å². The minimum atomic E-state index is -3.88. The molecule has 1 heterocycles. The minimum absolute atomic E-state index is 0.0441. The first-order valence-corrected chi connectivity index (χ1v) is 11.1. The molecule has 3 rings (SSSR count). The predicted molar refractivity (Wildman–Crippen MR) is 111 cm³/mol. The molecule has 0 spiro atoms. The molecule has 2 aromatic rings. The monoisotopic (exact) mass is 495 g/mol. The van der Waals surface area contributed by atoms with Gasteiger partial charge in [-0.1, -0.05) is 50.9 Å². The molecule has 2 atom stereocenters. The highest BCUT2D eigenvalue weighted by Gasteiger charge is 2.50. The highest BCUT2D eigenvalue weighted by Crippen LogP contribution is 2.40. The molecule has 0 unspecified atom stereocenters. The molecule has 0 saturated carbocycles. The summed E-state index contributed by atoms with van der Waals surface area (Å²) in [6, 6.07) is 11.8. The SMILES string of the molecule is Cc1ccc(S(=O)(=O)N2CC[C@@](O[N+](=O)[O-])(c3ccc(Br)cc3)[C@@H](N=[N+]=[N-])C2)cc1. The smallest absolute Gasteiger partial charge is 0.295 e. The average Bonchev–Trinajstić information content (AvgIpc) is 2.70. The van der Waals surface area contributed by atoms with Gasteiger partial charge in [-0.3, -0.25) is 0 Å². The fourth-order valence-electron chi connectivity index (χ4n) is 3.52. The maximum Gasteiger partial charge on any atom is 0.295 e. The average molecular weight is 496 g/mol. The summed E-state index contributed by atoms with van der Waals surface area (Å²) in [7, 11) is -3.88. The Morgan fingerprint density at radius 2 is 1.90 bits per heavy atom. The number of aryl methyl sites for hydroxylation is 1. The van der Waals surface area contributed by atoms with E-state index in [-0.39, 0.29) is 24.4 Å². The number of sulfonamides is 1. The predicted octanol–water partition coefficient (Wildman–Crippen LogP) is 3.93. The molecule has 0 bridgehead atoms. The maximum absolute atomic E-state index is 13.1. The van der Waals surface area contributed by atoms with Gasteiger partial charge in [0.25, 0.3) is 5.09 Å². The molecule has 1 aliphatic rings. The lowest BCUT2D eigenvalue weighted by Gasteiger charge is -2.43. The van der Waals surface area contributed by atoms with E-state index < -0.39 is 26.8 Å². The number of benzene rings is 2. The van der Waals surface area contributed by atoms with E-state index in [4.69, 9.17) is 10.4 Å². The number of hydrogen-bond donors (Lipinski definition) is 0. The summed E-state index contributed by atoms with van der Waals surface area (Å²) in [5.41, 5.74) is 8.80. The van der Waals surface area contributed by atoms with Gasteiger partial charge < -0.3 is 4.84 Å². The van der Waals surface area contributed by atoms with Crippen molar-refractivity contribution < 1.29 is 18.3 Å². The lowest BCUT2D eigenvalue weighted by Crippen LogP contribution is -2.55. The Hall–Kier alpha value is -2.66. The van der Waals surface area contributed by atoms with E-state index >= 15 is 0 Å². The molecule has 1 aliphatic heterocycles. The standard InChI is InChI=1S/C18H18BrN5O5S/c1-13-2-8-16(9-3-13)30(27,28)23-11-10-18(29-24(25)26,17(12-23)21-22-20)14-4-6-15(19)7-5-14/h2-9,17H,10-12H2,1H3/t17-,18+/m0/s1. The van der Waals surface area contributed by atoms with Gasteiger partial charge in [0.15, 0.2) is 5.60 Å². The Kier molecular flexibility index (Phi) is 6.32. The van der Waals surface area contributed by atoms with E-state index in [1.54, 1.807) is 36.4 Å². The molecule has 1 saturated heterocycles. The fourth-order valence-corrected chi connectivity index (χ4v) is 5.23. The number of halogens is 1. The van der Waals surface area contributed by atoms with Crippen LogP contribution in [0.2, 0.25) is 0 Å². The zero-order valence-corrected chi connectivity index (χ0v) is 18.3. The normalized spacial score (nSPS) is 22.1. The molecular formula is C18H18BrN5O5S. The van der Waals surface area contributed by atoms with Gasteiger partial charge in [-0.15, -0.1) is 10.1 Å². The molecule has 12 heteroatoms. The molecule has 30 heavy (non-hydrogen) atoms. The van der Waals surface area contributed by atoms with Crippen LogP contribution in [0, 0.1) is 17.0 Å². The van der Waals surface area contributed by atoms with Crippen molar-refractivity contribution in [2.75, 3.05) is 13.1 Å². The van der Waals surface area contributed by atoms with Crippen molar-refractivity contribution in [3.05, 3.63) is 84.7 Å². The molecule has 2 aromatic carbocycles. The third kappa shape index (κ3) is 4.26. The third-order valence-electron chi connectivity index (χ3n) is 5.07. The van der Waals surface area contributed by atoms with Crippen molar-refractivity contribution in [2.24, 2.45) is 5.11 Å². The Morgan fingerprint density at radius 3 is 2.47 bits per heavy atom. The van der Waals surface area contributed by atoms with Crippen LogP contribution in [0.15, 0.2) is 63.0 Å². The second-order valence-electron chi connectivity index (χ2n) is 6.86. The lowest BCUT2D eigenvalue weighted by molar-refractivity contribution is -0.786. The Balaban J connectivity index is 2.02. The Bertz CT molecular complexity index is 1090. The van der Waals surface area contributed by atoms with Crippen molar-refractivity contribution in [1.82, 2.24) is 4.31 Å². The van der Waals surface area contributed by atoms with Crippen molar-refractivity contribution in [3.8, 4) is 0 Å². The first kappa shape index (κ1) is 22.0. The number of nitrogens with zero attached hydrogens (tertiary/aromatic N) is 5. The topological polar surface area (TPSA) is 139 Å². The molecule has 1 fully saturated rings. The summed E-state index contributed by atoms with van der Waals surface area (Å²) in [5, 5.41) is 14.1. The van der Waals surface area contributed by atoms with Crippen molar-refractivity contribution in [3.63, 3.8) is 0 Å². The first-order valence-electron chi connectivity index (χ1n) is 8.89. The minimum Gasteiger partial charge on any atom is -0.302 e. The maximum atomic E-state index is 13.1. The van der Waals surface area contributed by atoms with Crippen molar-refractivity contribution in [1.29, 1.82) is 0 Å². The summed E-state index contributed by atoms with van der Waals surface area (Å²) in [5.74, 6) is 0. The highest BCUT2D eigenvalue weighted by molar-refractivity contribution is 9.10. The largest absolute Gasteiger partial charge is 0.302 e. The van der Waals surface area contributed by atoms with Crippen LogP contribution in [-0.4, -0.2) is 36.9 Å². The Morgan fingerprint density at radius 1 is 1.27 bits per heavy atom. The van der Waals surface area contributed by atoms with Gasteiger partial charge in [-0.05, 0) is 48.7 Å². The third-order valence-corrected chi connectivity index (χ3v) is 7.48. The van der Waals surface area contributed by atoms with Crippen LogP contribution in [0.4, 0.5) is 0 Å². The van der Waals surface area contributed by atoms with Crippen LogP contribution < -0.4 is 0 Å². The van der Waals surface area contributed by atoms with Crippen LogP contribution in [0.1, 0.15) is 17.5 Å². The summed E-state index contributed by atoms with van der Waals surface area (Å²) < 4.78 is 28.1. The van der Waals surface area contributed by atoms with Crippen LogP contribution in [0.5, 0.6) is 0 Å². The molecule has 0 aromatic heterocycles. The number of rotatable bonds is 6. The molecule has 0 radical (unpaired) electrons. The first-order chi connectivity index (χ1) is 14.2. The number of hydrogen-bond acceptors (Lipinski definition) is 6. The van der Waals surface area contributed by atoms with Gasteiger partial charge in [0.1, 0.15) is 0 Å². The van der Waals surface area contributed by atoms with E-state index in [1.807, 2.05) is 6.92 Å². The van der Waals surface area contributed by atoms with Gasteiger partial charge >= 0.3 is 0 Å².